The van der Waals surface area contributed by atoms with Gasteiger partial charge in [0.05, 0.1) is 13.2 Å². The molecule has 0 saturated carbocycles. The van der Waals surface area contributed by atoms with E-state index < -0.39 is 0 Å². The van der Waals surface area contributed by atoms with E-state index in [1.807, 2.05) is 7.05 Å². The third-order valence-corrected chi connectivity index (χ3v) is 4.33. The number of benzene rings is 1. The van der Waals surface area contributed by atoms with Gasteiger partial charge in [0, 0.05) is 25.6 Å². The second-order valence-electron chi connectivity index (χ2n) is 7.85. The zero-order valence-electron chi connectivity index (χ0n) is 15.2. The number of guanidine groups is 1. The summed E-state index contributed by atoms with van der Waals surface area (Å²) in [7, 11) is 1.81. The molecular formula is C19H31N3O. The van der Waals surface area contributed by atoms with Gasteiger partial charge in [0.2, 0.25) is 0 Å². The fourth-order valence-electron chi connectivity index (χ4n) is 2.57. The molecule has 0 atom stereocenters. The van der Waals surface area contributed by atoms with Crippen molar-refractivity contribution in [2.45, 2.75) is 39.5 Å². The highest BCUT2D eigenvalue weighted by molar-refractivity contribution is 5.79. The second-order valence-corrected chi connectivity index (χ2v) is 7.85. The Kier molecular flexibility index (Phi) is 5.69. The number of ether oxygens (including phenoxy) is 1. The summed E-state index contributed by atoms with van der Waals surface area (Å²) in [6.45, 7) is 12.4. The first-order chi connectivity index (χ1) is 10.8. The van der Waals surface area contributed by atoms with Gasteiger partial charge in [-0.2, -0.15) is 0 Å². The average Bonchev–Trinajstić information content (AvgIpc) is 2.48. The normalized spacial score (nSPS) is 17.5. The van der Waals surface area contributed by atoms with Crippen LogP contribution in [0.1, 0.15) is 38.8 Å². The predicted octanol–water partition coefficient (Wildman–Crippen LogP) is 2.73. The Bertz CT molecular complexity index is 525. The minimum atomic E-state index is 0.212. The Labute approximate surface area is 140 Å². The third kappa shape index (κ3) is 5.24. The quantitative estimate of drug-likeness (QED) is 0.648. The van der Waals surface area contributed by atoms with Crippen molar-refractivity contribution in [1.29, 1.82) is 0 Å². The maximum Gasteiger partial charge on any atom is 0.191 e. The van der Waals surface area contributed by atoms with Crippen LogP contribution < -0.4 is 10.6 Å². The number of hydrogen-bond donors (Lipinski definition) is 2. The Morgan fingerprint density at radius 2 is 1.83 bits per heavy atom. The van der Waals surface area contributed by atoms with E-state index in [0.717, 1.165) is 38.7 Å². The fraction of sp³-hybridized carbons (Fsp3) is 0.632. The van der Waals surface area contributed by atoms with Crippen LogP contribution in [0, 0.1) is 5.41 Å². The Balaban J connectivity index is 1.74. The van der Waals surface area contributed by atoms with Crippen molar-refractivity contribution in [3.05, 3.63) is 35.4 Å². The first-order valence-corrected chi connectivity index (χ1v) is 8.44. The minimum Gasteiger partial charge on any atom is -0.380 e. The largest absolute Gasteiger partial charge is 0.380 e. The lowest BCUT2D eigenvalue weighted by Crippen LogP contribution is -2.51. The smallest absolute Gasteiger partial charge is 0.191 e. The molecular weight excluding hydrogens is 286 g/mol. The van der Waals surface area contributed by atoms with Crippen LogP contribution in [0.25, 0.3) is 0 Å². The summed E-state index contributed by atoms with van der Waals surface area (Å²) in [5, 5.41) is 6.77. The molecule has 0 bridgehead atoms. The van der Waals surface area contributed by atoms with Gasteiger partial charge in [-0.1, -0.05) is 52.0 Å². The molecule has 0 unspecified atom stereocenters. The van der Waals surface area contributed by atoms with E-state index in [4.69, 9.17) is 4.74 Å². The minimum absolute atomic E-state index is 0.212. The number of rotatable bonds is 5. The maximum atomic E-state index is 5.28. The van der Waals surface area contributed by atoms with Crippen LogP contribution >= 0.6 is 0 Å². The van der Waals surface area contributed by atoms with Crippen molar-refractivity contribution in [2.24, 2.45) is 10.4 Å². The average molecular weight is 317 g/mol. The lowest BCUT2D eigenvalue weighted by Gasteiger charge is -2.38. The van der Waals surface area contributed by atoms with Crippen molar-refractivity contribution in [1.82, 2.24) is 10.6 Å². The second kappa shape index (κ2) is 7.35. The molecule has 1 aromatic carbocycles. The predicted molar refractivity (Wildman–Crippen MR) is 97.1 cm³/mol. The van der Waals surface area contributed by atoms with Crippen molar-refractivity contribution in [3.8, 4) is 0 Å². The molecule has 4 nitrogen and oxygen atoms in total. The van der Waals surface area contributed by atoms with Crippen LogP contribution in [0.5, 0.6) is 0 Å². The molecule has 1 aromatic rings. The van der Waals surface area contributed by atoms with Gasteiger partial charge in [0.1, 0.15) is 0 Å². The van der Waals surface area contributed by atoms with Crippen molar-refractivity contribution in [3.63, 3.8) is 0 Å². The van der Waals surface area contributed by atoms with E-state index >= 15 is 0 Å². The van der Waals surface area contributed by atoms with Crippen LogP contribution in [0.3, 0.4) is 0 Å². The Morgan fingerprint density at radius 1 is 1.17 bits per heavy atom. The number of hydrogen-bond acceptors (Lipinski definition) is 2. The fourth-order valence-corrected chi connectivity index (χ4v) is 2.57. The van der Waals surface area contributed by atoms with E-state index in [1.165, 1.54) is 11.1 Å². The highest BCUT2D eigenvalue weighted by atomic mass is 16.5. The van der Waals surface area contributed by atoms with Crippen LogP contribution in [-0.2, 0) is 16.6 Å². The van der Waals surface area contributed by atoms with Crippen LogP contribution in [0.2, 0.25) is 0 Å². The number of nitrogens with zero attached hydrogens (tertiary/aromatic N) is 1. The summed E-state index contributed by atoms with van der Waals surface area (Å²) in [5.74, 6) is 0.865. The van der Waals surface area contributed by atoms with E-state index in [9.17, 15) is 0 Å². The molecule has 1 aliphatic heterocycles. The van der Waals surface area contributed by atoms with Crippen LogP contribution in [0.4, 0.5) is 0 Å². The van der Waals surface area contributed by atoms with Crippen molar-refractivity contribution >= 4 is 5.96 Å². The monoisotopic (exact) mass is 317 g/mol. The molecule has 1 saturated heterocycles. The van der Waals surface area contributed by atoms with Crippen LogP contribution in [-0.4, -0.2) is 39.3 Å². The van der Waals surface area contributed by atoms with E-state index in [0.29, 0.717) is 0 Å². The molecule has 1 fully saturated rings. The van der Waals surface area contributed by atoms with E-state index in [-0.39, 0.29) is 10.8 Å². The summed E-state index contributed by atoms with van der Waals surface area (Å²) < 4.78 is 5.28. The molecule has 23 heavy (non-hydrogen) atoms. The van der Waals surface area contributed by atoms with Gasteiger partial charge in [-0.25, -0.2) is 0 Å². The topological polar surface area (TPSA) is 45.7 Å². The van der Waals surface area contributed by atoms with E-state index in [1.54, 1.807) is 0 Å². The summed E-state index contributed by atoms with van der Waals surface area (Å²) in [6, 6.07) is 8.93. The molecule has 1 aliphatic rings. The highest BCUT2D eigenvalue weighted by Gasteiger charge is 2.33. The molecule has 4 heteroatoms. The molecule has 0 radical (unpaired) electrons. The molecule has 0 amide bonds. The highest BCUT2D eigenvalue weighted by Crippen LogP contribution is 2.25. The first-order valence-electron chi connectivity index (χ1n) is 8.44. The van der Waals surface area contributed by atoms with Gasteiger partial charge < -0.3 is 15.4 Å². The standard InChI is InChI=1S/C19H31N3O/c1-18(2,3)16-8-6-15(7-9-16)10-11-21-17(20-5)22-12-19(4)13-23-14-19/h6-9H,10-14H2,1-5H3,(H2,20,21,22). The SMILES string of the molecule is CN=C(NCCc1ccc(C(C)(C)C)cc1)NCC1(C)COC1. The zero-order valence-corrected chi connectivity index (χ0v) is 15.2. The first kappa shape index (κ1) is 17.8. The number of aliphatic imine (C=N–C) groups is 1. The summed E-state index contributed by atoms with van der Waals surface area (Å²) in [5.41, 5.74) is 3.19. The summed E-state index contributed by atoms with van der Waals surface area (Å²) in [4.78, 5) is 4.28. The lowest BCUT2D eigenvalue weighted by atomic mass is 9.86. The number of nitrogens with one attached hydrogen (secondary N) is 2. The van der Waals surface area contributed by atoms with Gasteiger partial charge in [0.15, 0.2) is 5.96 Å². The molecule has 0 aromatic heterocycles. The maximum absolute atomic E-state index is 5.28. The van der Waals surface area contributed by atoms with Gasteiger partial charge >= 0.3 is 0 Å². The van der Waals surface area contributed by atoms with E-state index in [2.05, 4.69) is 67.6 Å². The molecule has 2 rings (SSSR count). The van der Waals surface area contributed by atoms with Crippen molar-refractivity contribution < 1.29 is 4.74 Å². The Hall–Kier alpha value is -1.55. The van der Waals surface area contributed by atoms with Gasteiger partial charge in [0.25, 0.3) is 0 Å². The summed E-state index contributed by atoms with van der Waals surface area (Å²) >= 11 is 0. The summed E-state index contributed by atoms with van der Waals surface area (Å²) in [6.07, 6.45) is 0.992. The third-order valence-electron chi connectivity index (χ3n) is 4.33. The zero-order chi connectivity index (χ0) is 16.9. The van der Waals surface area contributed by atoms with Crippen molar-refractivity contribution in [2.75, 3.05) is 33.4 Å². The van der Waals surface area contributed by atoms with Gasteiger partial charge in [-0.3, -0.25) is 4.99 Å². The van der Waals surface area contributed by atoms with Gasteiger partial charge in [-0.15, -0.1) is 0 Å². The molecule has 0 aliphatic carbocycles. The molecule has 128 valence electrons. The molecule has 0 spiro atoms. The van der Waals surface area contributed by atoms with Gasteiger partial charge in [-0.05, 0) is 23.0 Å². The lowest BCUT2D eigenvalue weighted by molar-refractivity contribution is -0.0971. The van der Waals surface area contributed by atoms with Crippen LogP contribution in [0.15, 0.2) is 29.3 Å². The molecule has 2 N–H and O–H groups in total. The Morgan fingerprint density at radius 3 is 2.30 bits per heavy atom. The molecule has 1 heterocycles.